The third-order valence-corrected chi connectivity index (χ3v) is 2.07. The van der Waals surface area contributed by atoms with Crippen molar-refractivity contribution in [1.29, 1.82) is 5.26 Å². The molecule has 2 rings (SSSR count). The number of nitrogens with zero attached hydrogens (tertiary/aromatic N) is 5. The normalized spacial score (nSPS) is 10.2. The lowest BCUT2D eigenvalue weighted by molar-refractivity contribution is 0.456. The van der Waals surface area contributed by atoms with Gasteiger partial charge in [-0.25, -0.2) is 9.97 Å². The van der Waals surface area contributed by atoms with E-state index in [0.717, 1.165) is 0 Å². The second kappa shape index (κ2) is 4.61. The smallest absolute Gasteiger partial charge is 0.238 e. The van der Waals surface area contributed by atoms with E-state index in [2.05, 4.69) is 15.1 Å². The highest BCUT2D eigenvalue weighted by Crippen LogP contribution is 2.18. The van der Waals surface area contributed by atoms with Gasteiger partial charge in [0.05, 0.1) is 24.8 Å². The first kappa shape index (κ1) is 11.1. The van der Waals surface area contributed by atoms with Gasteiger partial charge < -0.3 is 4.74 Å². The summed E-state index contributed by atoms with van der Waals surface area (Å²) in [5, 5.41) is 12.7. The van der Waals surface area contributed by atoms with Crippen LogP contribution in [0.5, 0.6) is 11.6 Å². The maximum atomic E-state index is 8.58. The van der Waals surface area contributed by atoms with Crippen LogP contribution in [0, 0.1) is 11.3 Å². The van der Waals surface area contributed by atoms with Crippen molar-refractivity contribution >= 4 is 0 Å². The first-order valence-corrected chi connectivity index (χ1v) is 5.13. The number of aromatic nitrogens is 4. The molecule has 0 spiro atoms. The van der Waals surface area contributed by atoms with E-state index in [0.29, 0.717) is 11.6 Å². The van der Waals surface area contributed by atoms with Crippen molar-refractivity contribution in [3.63, 3.8) is 0 Å². The third-order valence-electron chi connectivity index (χ3n) is 2.07. The minimum Gasteiger partial charge on any atom is -0.434 e. The van der Waals surface area contributed by atoms with Crippen molar-refractivity contribution in [2.45, 2.75) is 19.9 Å². The van der Waals surface area contributed by atoms with Gasteiger partial charge in [0.25, 0.3) is 0 Å². The quantitative estimate of drug-likeness (QED) is 0.803. The van der Waals surface area contributed by atoms with Crippen molar-refractivity contribution in [1.82, 2.24) is 19.7 Å². The highest BCUT2D eigenvalue weighted by Gasteiger charge is 2.04. The van der Waals surface area contributed by atoms with Crippen LogP contribution in [0.1, 0.15) is 25.6 Å². The molecular weight excluding hydrogens is 218 g/mol. The van der Waals surface area contributed by atoms with E-state index in [-0.39, 0.29) is 11.7 Å². The van der Waals surface area contributed by atoms with Crippen LogP contribution in [-0.2, 0) is 0 Å². The second-order valence-corrected chi connectivity index (χ2v) is 3.70. The van der Waals surface area contributed by atoms with E-state index in [1.165, 1.54) is 12.4 Å². The molecule has 0 amide bonds. The monoisotopic (exact) mass is 229 g/mol. The second-order valence-electron chi connectivity index (χ2n) is 3.70. The molecule has 0 saturated heterocycles. The predicted molar refractivity (Wildman–Crippen MR) is 59.4 cm³/mol. The molecule has 6 nitrogen and oxygen atoms in total. The van der Waals surface area contributed by atoms with Gasteiger partial charge in [0.15, 0.2) is 11.4 Å². The summed E-state index contributed by atoms with van der Waals surface area (Å²) in [6.45, 7) is 4.05. The largest absolute Gasteiger partial charge is 0.434 e. The van der Waals surface area contributed by atoms with Crippen LogP contribution in [0.25, 0.3) is 0 Å². The molecule has 0 atom stereocenters. The summed E-state index contributed by atoms with van der Waals surface area (Å²) in [6.07, 6.45) is 6.16. The van der Waals surface area contributed by atoms with E-state index in [1.807, 2.05) is 19.9 Å². The standard InChI is InChI=1S/C11H11N5O/c1-8(2)16-7-10(5-15-16)17-11-6-13-9(3-12)4-14-11/h4-8H,1-2H3. The number of nitriles is 1. The third kappa shape index (κ3) is 2.58. The van der Waals surface area contributed by atoms with Gasteiger partial charge in [-0.05, 0) is 13.8 Å². The molecule has 0 saturated carbocycles. The van der Waals surface area contributed by atoms with E-state index in [1.54, 1.807) is 17.1 Å². The van der Waals surface area contributed by atoms with Crippen molar-refractivity contribution in [3.8, 4) is 17.7 Å². The Hall–Kier alpha value is -2.42. The molecular formula is C11H11N5O. The summed E-state index contributed by atoms with van der Waals surface area (Å²) in [7, 11) is 0. The molecule has 0 aliphatic carbocycles. The van der Waals surface area contributed by atoms with E-state index >= 15 is 0 Å². The van der Waals surface area contributed by atoms with Crippen LogP contribution < -0.4 is 4.74 Å². The minimum absolute atomic E-state index is 0.259. The van der Waals surface area contributed by atoms with Crippen LogP contribution in [0.15, 0.2) is 24.8 Å². The number of rotatable bonds is 3. The van der Waals surface area contributed by atoms with Gasteiger partial charge >= 0.3 is 0 Å². The van der Waals surface area contributed by atoms with Gasteiger partial charge in [-0.15, -0.1) is 0 Å². The molecule has 0 radical (unpaired) electrons. The maximum absolute atomic E-state index is 8.58. The van der Waals surface area contributed by atoms with Gasteiger partial charge in [-0.3, -0.25) is 4.68 Å². The summed E-state index contributed by atoms with van der Waals surface area (Å²) in [4.78, 5) is 7.81. The first-order chi connectivity index (χ1) is 8.19. The molecule has 17 heavy (non-hydrogen) atoms. The van der Waals surface area contributed by atoms with E-state index < -0.39 is 0 Å². The van der Waals surface area contributed by atoms with Gasteiger partial charge in [-0.1, -0.05) is 0 Å². The molecule has 6 heteroatoms. The summed E-state index contributed by atoms with van der Waals surface area (Å²) in [5.74, 6) is 0.935. The fourth-order valence-electron chi connectivity index (χ4n) is 1.20. The zero-order valence-electron chi connectivity index (χ0n) is 9.53. The number of ether oxygens (including phenoxy) is 1. The van der Waals surface area contributed by atoms with Crippen molar-refractivity contribution in [2.75, 3.05) is 0 Å². The molecule has 0 aliphatic heterocycles. The van der Waals surface area contributed by atoms with Gasteiger partial charge in [-0.2, -0.15) is 10.4 Å². The zero-order chi connectivity index (χ0) is 12.3. The Morgan fingerprint density at radius 2 is 2.12 bits per heavy atom. The van der Waals surface area contributed by atoms with E-state index in [9.17, 15) is 0 Å². The Balaban J connectivity index is 2.11. The van der Waals surface area contributed by atoms with Crippen LogP contribution in [0.3, 0.4) is 0 Å². The van der Waals surface area contributed by atoms with Crippen molar-refractivity contribution < 1.29 is 4.74 Å². The number of hydrogen-bond donors (Lipinski definition) is 0. The highest BCUT2D eigenvalue weighted by atomic mass is 16.5. The average molecular weight is 229 g/mol. The summed E-state index contributed by atoms with van der Waals surface area (Å²) in [6, 6.07) is 2.17. The minimum atomic E-state index is 0.259. The maximum Gasteiger partial charge on any atom is 0.238 e. The van der Waals surface area contributed by atoms with Gasteiger partial charge in [0.2, 0.25) is 5.88 Å². The lowest BCUT2D eigenvalue weighted by Gasteiger charge is -2.03. The van der Waals surface area contributed by atoms with Gasteiger partial charge in [0.1, 0.15) is 6.07 Å². The first-order valence-electron chi connectivity index (χ1n) is 5.13. The number of hydrogen-bond acceptors (Lipinski definition) is 5. The van der Waals surface area contributed by atoms with E-state index in [4.69, 9.17) is 10.00 Å². The van der Waals surface area contributed by atoms with Crippen molar-refractivity contribution in [2.24, 2.45) is 0 Å². The molecule has 0 aliphatic rings. The molecule has 0 bridgehead atoms. The Kier molecular flexibility index (Phi) is 3.01. The Bertz CT molecular complexity index is 538. The lowest BCUT2D eigenvalue weighted by Crippen LogP contribution is -1.99. The summed E-state index contributed by atoms with van der Waals surface area (Å²) in [5.41, 5.74) is 0.259. The SMILES string of the molecule is CC(C)n1cc(Oc2cnc(C#N)cn2)cn1. The molecule has 0 fully saturated rings. The van der Waals surface area contributed by atoms with Gasteiger partial charge in [0, 0.05) is 6.04 Å². The lowest BCUT2D eigenvalue weighted by atomic mass is 10.4. The predicted octanol–water partition coefficient (Wildman–Crippen LogP) is 1.92. The highest BCUT2D eigenvalue weighted by molar-refractivity contribution is 5.23. The molecule has 0 aromatic carbocycles. The topological polar surface area (TPSA) is 76.6 Å². The zero-order valence-corrected chi connectivity index (χ0v) is 9.53. The fourth-order valence-corrected chi connectivity index (χ4v) is 1.20. The molecule has 2 heterocycles. The Morgan fingerprint density at radius 1 is 1.29 bits per heavy atom. The van der Waals surface area contributed by atoms with Crippen LogP contribution >= 0.6 is 0 Å². The Labute approximate surface area is 98.5 Å². The molecule has 0 N–H and O–H groups in total. The average Bonchev–Trinajstić information content (AvgIpc) is 2.79. The summed E-state index contributed by atoms with van der Waals surface area (Å²) >= 11 is 0. The van der Waals surface area contributed by atoms with Crippen LogP contribution in [0.2, 0.25) is 0 Å². The van der Waals surface area contributed by atoms with Crippen LogP contribution in [-0.4, -0.2) is 19.7 Å². The van der Waals surface area contributed by atoms with Crippen LogP contribution in [0.4, 0.5) is 0 Å². The fraction of sp³-hybridized carbons (Fsp3) is 0.273. The Morgan fingerprint density at radius 3 is 2.65 bits per heavy atom. The molecule has 2 aromatic heterocycles. The van der Waals surface area contributed by atoms with Crippen molar-refractivity contribution in [3.05, 3.63) is 30.5 Å². The molecule has 86 valence electrons. The molecule has 0 unspecified atom stereocenters. The molecule has 2 aromatic rings. The summed E-state index contributed by atoms with van der Waals surface area (Å²) < 4.78 is 7.23.